The molecule has 1 aromatic carbocycles. The minimum absolute atomic E-state index is 0.000640. The maximum Gasteiger partial charge on any atom is 0.319 e. The number of hydrogen-bond donors (Lipinski definition) is 4. The molecule has 7 rings (SSSR count). The van der Waals surface area contributed by atoms with Crippen LogP contribution in [0.4, 0.5) is 10.2 Å². The number of anilines is 1. The maximum absolute atomic E-state index is 17.0. The summed E-state index contributed by atoms with van der Waals surface area (Å²) >= 11 is 6.58. The van der Waals surface area contributed by atoms with Crippen molar-refractivity contribution in [3.8, 4) is 23.1 Å². The van der Waals surface area contributed by atoms with Gasteiger partial charge in [0.25, 0.3) is 0 Å². The third kappa shape index (κ3) is 5.41. The van der Waals surface area contributed by atoms with Gasteiger partial charge < -0.3 is 34.6 Å². The normalized spacial score (nSPS) is 26.8. The Morgan fingerprint density at radius 2 is 2.07 bits per heavy atom. The zero-order valence-electron chi connectivity index (χ0n) is 26.2. The second kappa shape index (κ2) is 12.0. The van der Waals surface area contributed by atoms with Gasteiger partial charge in [-0.1, -0.05) is 18.0 Å². The molecule has 1 aliphatic carbocycles. The highest BCUT2D eigenvalue weighted by molar-refractivity contribution is 6.33. The second-order valence-corrected chi connectivity index (χ2v) is 13.6. The van der Waals surface area contributed by atoms with Crippen molar-refractivity contribution in [1.82, 2.24) is 30.5 Å². The van der Waals surface area contributed by atoms with E-state index in [4.69, 9.17) is 30.8 Å². The largest absolute Gasteiger partial charge is 0.480 e. The van der Waals surface area contributed by atoms with Crippen molar-refractivity contribution in [3.63, 3.8) is 0 Å². The Morgan fingerprint density at radius 1 is 1.24 bits per heavy atom. The summed E-state index contributed by atoms with van der Waals surface area (Å²) in [7, 11) is 1.45. The lowest BCUT2D eigenvalue weighted by molar-refractivity contribution is -0.0528. The fourth-order valence-corrected chi connectivity index (χ4v) is 7.70. The van der Waals surface area contributed by atoms with Crippen LogP contribution in [0.15, 0.2) is 12.3 Å². The number of aliphatic hydroxyl groups excluding tert-OH is 1. The first-order chi connectivity index (χ1) is 22.1. The molecule has 3 fully saturated rings. The Labute approximate surface area is 270 Å². The highest BCUT2D eigenvalue weighted by atomic mass is 35.5. The van der Waals surface area contributed by atoms with Crippen LogP contribution in [0.1, 0.15) is 44.6 Å². The van der Waals surface area contributed by atoms with Crippen LogP contribution in [0.2, 0.25) is 5.02 Å². The number of nitrogens with one attached hydrogen (secondary N) is 2. The van der Waals surface area contributed by atoms with Crippen LogP contribution in [0, 0.1) is 18.2 Å². The summed E-state index contributed by atoms with van der Waals surface area (Å²) < 4.78 is 35.0. The molecule has 246 valence electrons. The fourth-order valence-electron chi connectivity index (χ4n) is 7.49. The Balaban J connectivity index is 1.43. The fraction of sp³-hybridized carbons (Fsp3) is 0.562. The van der Waals surface area contributed by atoms with Crippen LogP contribution >= 0.6 is 11.6 Å². The highest BCUT2D eigenvalue weighted by Crippen LogP contribution is 2.46. The molecule has 14 heteroatoms. The van der Waals surface area contributed by atoms with Crippen molar-refractivity contribution in [2.45, 2.75) is 63.7 Å². The predicted molar refractivity (Wildman–Crippen MR) is 171 cm³/mol. The second-order valence-electron chi connectivity index (χ2n) is 13.2. The van der Waals surface area contributed by atoms with E-state index in [2.05, 4.69) is 25.5 Å². The lowest BCUT2D eigenvalue weighted by atomic mass is 9.76. The Hall–Kier alpha value is -3.36. The minimum atomic E-state index is -1.30. The van der Waals surface area contributed by atoms with E-state index in [1.165, 1.54) is 7.11 Å². The van der Waals surface area contributed by atoms with Crippen molar-refractivity contribution in [1.29, 1.82) is 0 Å². The quantitative estimate of drug-likeness (QED) is 0.229. The van der Waals surface area contributed by atoms with Gasteiger partial charge in [-0.05, 0) is 57.7 Å². The van der Waals surface area contributed by atoms with E-state index in [0.29, 0.717) is 39.7 Å². The number of piperidine rings is 1. The van der Waals surface area contributed by atoms with Crippen LogP contribution in [0.3, 0.4) is 0 Å². The number of H-pyrrole nitrogens is 1. The smallest absolute Gasteiger partial charge is 0.319 e. The Morgan fingerprint density at radius 3 is 2.87 bits per heavy atom. The number of benzene rings is 1. The van der Waals surface area contributed by atoms with Gasteiger partial charge in [-0.25, -0.2) is 9.37 Å². The number of aromatic amines is 1. The average Bonchev–Trinajstić information content (AvgIpc) is 3.66. The number of hydrogen-bond acceptors (Lipinski definition) is 11. The average molecular weight is 656 g/mol. The topological polar surface area (TPSA) is 151 Å². The summed E-state index contributed by atoms with van der Waals surface area (Å²) in [5.41, 5.74) is 0.314. The molecule has 5 heterocycles. The summed E-state index contributed by atoms with van der Waals surface area (Å²) in [6.45, 7) is 4.78. The Kier molecular flexibility index (Phi) is 8.17. The number of fused-ring (bicyclic) bond motifs is 3. The molecule has 4 N–H and O–H groups in total. The minimum Gasteiger partial charge on any atom is -0.480 e. The van der Waals surface area contributed by atoms with Crippen LogP contribution in [0.25, 0.3) is 33.1 Å². The van der Waals surface area contributed by atoms with Gasteiger partial charge >= 0.3 is 6.01 Å². The number of pyridine rings is 1. The van der Waals surface area contributed by atoms with Gasteiger partial charge in [-0.2, -0.15) is 15.1 Å². The number of aliphatic hydroxyl groups is 2. The summed E-state index contributed by atoms with van der Waals surface area (Å²) in [4.78, 5) is 15.9. The van der Waals surface area contributed by atoms with Crippen LogP contribution < -0.4 is 19.7 Å². The van der Waals surface area contributed by atoms with Crippen molar-refractivity contribution in [2.24, 2.45) is 5.41 Å². The standard InChI is InChI=1S/C32H39ClFN7O5/c1-17-20(33)10-21-19(11-36-40-21)23(17)26-25(34)27-24(29(37-26)44-3)28(41-12-18(13-42)45-15-31(2,43)14-41)39-30(38-27)46-16-32-7-4-6-22(32)35-9-5-8-32/h10-11,18,22,35,42-43H,4-9,12-16H2,1-3H3,(H,36,40)/t18-,22-,31+,32-/m1/s1. The molecule has 46 heavy (non-hydrogen) atoms. The number of nitrogens with zero attached hydrogens (tertiary/aromatic N) is 5. The maximum atomic E-state index is 17.0. The number of aromatic nitrogens is 5. The number of ether oxygens (including phenoxy) is 3. The Bertz CT molecular complexity index is 1790. The van der Waals surface area contributed by atoms with Crippen molar-refractivity contribution in [3.05, 3.63) is 28.7 Å². The third-order valence-electron chi connectivity index (χ3n) is 9.81. The van der Waals surface area contributed by atoms with Crippen molar-refractivity contribution in [2.75, 3.05) is 51.5 Å². The van der Waals surface area contributed by atoms with Crippen molar-refractivity contribution < 1.29 is 28.8 Å². The molecule has 1 saturated carbocycles. The van der Waals surface area contributed by atoms with E-state index >= 15 is 4.39 Å². The lowest BCUT2D eigenvalue weighted by Gasteiger charge is -2.39. The van der Waals surface area contributed by atoms with E-state index < -0.39 is 17.5 Å². The number of β-amino-alcohol motifs (C(OH)–C–C–N with tert-alkyl or cyclic N) is 1. The van der Waals surface area contributed by atoms with E-state index in [1.54, 1.807) is 31.0 Å². The first-order valence-corrected chi connectivity index (χ1v) is 16.1. The van der Waals surface area contributed by atoms with Crippen LogP contribution in [-0.2, 0) is 4.74 Å². The molecule has 4 aromatic rings. The van der Waals surface area contributed by atoms with E-state index in [0.717, 1.165) is 38.6 Å². The van der Waals surface area contributed by atoms with Gasteiger partial charge in [0, 0.05) is 34.0 Å². The number of methoxy groups -OCH3 is 1. The molecular formula is C32H39ClFN7O5. The summed E-state index contributed by atoms with van der Waals surface area (Å²) in [5, 5.41) is 33.2. The number of rotatable bonds is 7. The molecule has 0 unspecified atom stereocenters. The molecule has 0 amide bonds. The first-order valence-electron chi connectivity index (χ1n) is 15.8. The number of halogens is 2. The van der Waals surface area contributed by atoms with Gasteiger partial charge in [0.1, 0.15) is 28.0 Å². The summed E-state index contributed by atoms with van der Waals surface area (Å²) in [6.07, 6.45) is 6.29. The van der Waals surface area contributed by atoms with Crippen LogP contribution in [0.5, 0.6) is 11.9 Å². The predicted octanol–water partition coefficient (Wildman–Crippen LogP) is 3.93. The molecule has 3 aliphatic rings. The van der Waals surface area contributed by atoms with E-state index in [9.17, 15) is 10.2 Å². The first kappa shape index (κ1) is 31.3. The van der Waals surface area contributed by atoms with Gasteiger partial charge in [-0.15, -0.1) is 0 Å². The van der Waals surface area contributed by atoms with E-state index in [1.807, 2.05) is 0 Å². The van der Waals surface area contributed by atoms with Gasteiger partial charge in [-0.3, -0.25) is 5.10 Å². The zero-order valence-corrected chi connectivity index (χ0v) is 27.0. The molecule has 2 saturated heterocycles. The zero-order chi connectivity index (χ0) is 32.2. The highest BCUT2D eigenvalue weighted by Gasteiger charge is 2.45. The van der Waals surface area contributed by atoms with Gasteiger partial charge in [0.15, 0.2) is 5.82 Å². The third-order valence-corrected chi connectivity index (χ3v) is 10.2. The van der Waals surface area contributed by atoms with Crippen molar-refractivity contribution >= 4 is 39.2 Å². The molecule has 12 nitrogen and oxygen atoms in total. The molecule has 4 atom stereocenters. The van der Waals surface area contributed by atoms with Gasteiger partial charge in [0.2, 0.25) is 5.88 Å². The molecule has 0 bridgehead atoms. The lowest BCUT2D eigenvalue weighted by Crippen LogP contribution is -2.49. The molecule has 3 aromatic heterocycles. The molecule has 0 spiro atoms. The van der Waals surface area contributed by atoms with Gasteiger partial charge in [0.05, 0.1) is 51.3 Å². The summed E-state index contributed by atoms with van der Waals surface area (Å²) in [6, 6.07) is 2.10. The molecule has 2 aliphatic heterocycles. The SMILES string of the molecule is COc1nc(-c2c(C)c(Cl)cc3[nH]ncc23)c(F)c2nc(OC[C@@]34CCCN[C@@H]3CCC4)nc(N3C[C@H](CO)OC[C@@](C)(O)C3)c12. The monoisotopic (exact) mass is 655 g/mol. The summed E-state index contributed by atoms with van der Waals surface area (Å²) in [5.74, 6) is -0.359. The molecular weight excluding hydrogens is 617 g/mol. The van der Waals surface area contributed by atoms with E-state index in [-0.39, 0.29) is 66.0 Å². The van der Waals surface area contributed by atoms with Crippen LogP contribution in [-0.4, -0.2) is 99.7 Å². The molecule has 0 radical (unpaired) electrons.